The van der Waals surface area contributed by atoms with Gasteiger partial charge in [-0.15, -0.1) is 0 Å². The third-order valence-corrected chi connectivity index (χ3v) is 2.69. The van der Waals surface area contributed by atoms with Crippen LogP contribution in [0.4, 0.5) is 0 Å². The van der Waals surface area contributed by atoms with Crippen LogP contribution in [0.5, 0.6) is 5.75 Å². The fourth-order valence-electron chi connectivity index (χ4n) is 1.44. The van der Waals surface area contributed by atoms with Crippen molar-refractivity contribution in [2.24, 2.45) is 0 Å². The van der Waals surface area contributed by atoms with Crippen LogP contribution < -0.4 is 4.74 Å². The summed E-state index contributed by atoms with van der Waals surface area (Å²) in [6, 6.07) is 9.80. The van der Waals surface area contributed by atoms with E-state index in [4.69, 9.17) is 32.7 Å². The SMILES string of the molecule is CC(CCCOc1ccccc1)OCC=C(Cl)Cl. The van der Waals surface area contributed by atoms with Gasteiger partial charge >= 0.3 is 0 Å². The molecule has 0 saturated carbocycles. The van der Waals surface area contributed by atoms with E-state index in [0.29, 0.717) is 13.2 Å². The van der Waals surface area contributed by atoms with Crippen molar-refractivity contribution in [2.75, 3.05) is 13.2 Å². The molecule has 0 aliphatic rings. The lowest BCUT2D eigenvalue weighted by Crippen LogP contribution is -2.10. The minimum Gasteiger partial charge on any atom is -0.494 e. The Hall–Kier alpha value is -0.700. The van der Waals surface area contributed by atoms with Crippen LogP contribution in [-0.2, 0) is 4.74 Å². The van der Waals surface area contributed by atoms with Gasteiger partial charge < -0.3 is 9.47 Å². The zero-order valence-electron chi connectivity index (χ0n) is 10.4. The summed E-state index contributed by atoms with van der Waals surface area (Å²) in [6.45, 7) is 3.17. The van der Waals surface area contributed by atoms with E-state index in [2.05, 4.69) is 0 Å². The summed E-state index contributed by atoms with van der Waals surface area (Å²) in [5, 5.41) is 0. The van der Waals surface area contributed by atoms with E-state index >= 15 is 0 Å². The molecule has 1 unspecified atom stereocenters. The van der Waals surface area contributed by atoms with Crippen LogP contribution in [0.25, 0.3) is 0 Å². The largest absolute Gasteiger partial charge is 0.494 e. The first-order chi connectivity index (χ1) is 8.68. The maximum absolute atomic E-state index is 5.59. The lowest BCUT2D eigenvalue weighted by Gasteiger charge is -2.12. The van der Waals surface area contributed by atoms with Gasteiger partial charge in [-0.05, 0) is 38.0 Å². The predicted octanol–water partition coefficient (Wildman–Crippen LogP) is 4.57. The standard InChI is InChI=1S/C14H18Cl2O2/c1-12(17-11-9-14(15)16)6-5-10-18-13-7-3-2-4-8-13/h2-4,7-9,12H,5-6,10-11H2,1H3. The number of halogens is 2. The van der Waals surface area contributed by atoms with Gasteiger partial charge in [0.1, 0.15) is 10.2 Å². The first kappa shape index (κ1) is 15.4. The molecule has 1 atom stereocenters. The van der Waals surface area contributed by atoms with E-state index in [9.17, 15) is 0 Å². The summed E-state index contributed by atoms with van der Waals surface area (Å²) in [6.07, 6.45) is 3.71. The molecule has 1 aromatic carbocycles. The Morgan fingerprint density at radius 1 is 1.28 bits per heavy atom. The van der Waals surface area contributed by atoms with Crippen LogP contribution in [-0.4, -0.2) is 19.3 Å². The number of rotatable bonds is 8. The summed E-state index contributed by atoms with van der Waals surface area (Å²) >= 11 is 11.0. The van der Waals surface area contributed by atoms with Gasteiger partial charge in [0.05, 0.1) is 19.3 Å². The molecule has 0 bridgehead atoms. The van der Waals surface area contributed by atoms with Gasteiger partial charge in [-0.1, -0.05) is 41.4 Å². The molecule has 0 aliphatic heterocycles. The van der Waals surface area contributed by atoms with Crippen LogP contribution in [0.2, 0.25) is 0 Å². The minimum atomic E-state index is 0.174. The quantitative estimate of drug-likeness (QED) is 0.653. The average molecular weight is 289 g/mol. The Morgan fingerprint density at radius 2 is 2.00 bits per heavy atom. The van der Waals surface area contributed by atoms with Crippen molar-refractivity contribution < 1.29 is 9.47 Å². The summed E-state index contributed by atoms with van der Waals surface area (Å²) in [7, 11) is 0. The third kappa shape index (κ3) is 7.59. The van der Waals surface area contributed by atoms with Crippen molar-refractivity contribution in [1.29, 1.82) is 0 Å². The molecule has 0 radical (unpaired) electrons. The number of ether oxygens (including phenoxy) is 2. The smallest absolute Gasteiger partial charge is 0.119 e. The summed E-state index contributed by atoms with van der Waals surface area (Å²) in [5.41, 5.74) is 0. The van der Waals surface area contributed by atoms with E-state index in [0.717, 1.165) is 18.6 Å². The minimum absolute atomic E-state index is 0.174. The molecule has 0 aliphatic carbocycles. The number of benzene rings is 1. The van der Waals surface area contributed by atoms with E-state index in [1.54, 1.807) is 6.08 Å². The van der Waals surface area contributed by atoms with E-state index in [1.165, 1.54) is 0 Å². The second-order valence-corrected chi connectivity index (χ2v) is 4.95. The predicted molar refractivity (Wildman–Crippen MR) is 76.4 cm³/mol. The Morgan fingerprint density at radius 3 is 2.67 bits per heavy atom. The first-order valence-electron chi connectivity index (χ1n) is 5.99. The Balaban J connectivity index is 2.05. The van der Waals surface area contributed by atoms with Gasteiger partial charge in [0.15, 0.2) is 0 Å². The molecule has 0 heterocycles. The Kier molecular flexibility index (Phi) is 7.90. The topological polar surface area (TPSA) is 18.5 Å². The molecular weight excluding hydrogens is 271 g/mol. The molecule has 4 heteroatoms. The molecule has 1 rings (SSSR count). The molecular formula is C14H18Cl2O2. The van der Waals surface area contributed by atoms with E-state index in [-0.39, 0.29) is 10.6 Å². The molecule has 0 aromatic heterocycles. The first-order valence-corrected chi connectivity index (χ1v) is 6.74. The van der Waals surface area contributed by atoms with Crippen molar-refractivity contribution in [1.82, 2.24) is 0 Å². The number of hydrogen-bond acceptors (Lipinski definition) is 2. The molecule has 2 nitrogen and oxygen atoms in total. The Labute approximate surface area is 118 Å². The van der Waals surface area contributed by atoms with Crippen molar-refractivity contribution in [2.45, 2.75) is 25.9 Å². The van der Waals surface area contributed by atoms with Crippen LogP contribution in [0.1, 0.15) is 19.8 Å². The van der Waals surface area contributed by atoms with Gasteiger partial charge in [0.2, 0.25) is 0 Å². The molecule has 0 fully saturated rings. The van der Waals surface area contributed by atoms with Crippen molar-refractivity contribution in [3.63, 3.8) is 0 Å². The second-order valence-electron chi connectivity index (χ2n) is 3.94. The summed E-state index contributed by atoms with van der Waals surface area (Å²) in [5.74, 6) is 0.905. The van der Waals surface area contributed by atoms with E-state index in [1.807, 2.05) is 37.3 Å². The van der Waals surface area contributed by atoms with Gasteiger partial charge in [-0.2, -0.15) is 0 Å². The van der Waals surface area contributed by atoms with Gasteiger partial charge in [0.25, 0.3) is 0 Å². The highest BCUT2D eigenvalue weighted by Crippen LogP contribution is 2.10. The van der Waals surface area contributed by atoms with Crippen LogP contribution in [0, 0.1) is 0 Å². The molecule has 1 aromatic rings. The summed E-state index contributed by atoms with van der Waals surface area (Å²) in [4.78, 5) is 0. The van der Waals surface area contributed by atoms with Crippen LogP contribution in [0.3, 0.4) is 0 Å². The number of para-hydroxylation sites is 1. The highest BCUT2D eigenvalue weighted by Gasteiger charge is 2.01. The maximum Gasteiger partial charge on any atom is 0.119 e. The zero-order chi connectivity index (χ0) is 13.2. The van der Waals surface area contributed by atoms with Gasteiger partial charge in [0, 0.05) is 0 Å². The van der Waals surface area contributed by atoms with Crippen molar-refractivity contribution >= 4 is 23.2 Å². The zero-order valence-corrected chi connectivity index (χ0v) is 12.0. The summed E-state index contributed by atoms with van der Waals surface area (Å²) < 4.78 is 11.3. The van der Waals surface area contributed by atoms with Crippen molar-refractivity contribution in [3.8, 4) is 5.75 Å². The van der Waals surface area contributed by atoms with Crippen LogP contribution in [0.15, 0.2) is 40.9 Å². The average Bonchev–Trinajstić information content (AvgIpc) is 2.35. The fraction of sp³-hybridized carbons (Fsp3) is 0.429. The lowest BCUT2D eigenvalue weighted by atomic mass is 10.2. The molecule has 0 N–H and O–H groups in total. The van der Waals surface area contributed by atoms with Crippen LogP contribution >= 0.6 is 23.2 Å². The highest BCUT2D eigenvalue weighted by atomic mass is 35.5. The lowest BCUT2D eigenvalue weighted by molar-refractivity contribution is 0.0768. The molecule has 0 saturated heterocycles. The van der Waals surface area contributed by atoms with Crippen molar-refractivity contribution in [3.05, 3.63) is 40.9 Å². The molecule has 0 spiro atoms. The highest BCUT2D eigenvalue weighted by molar-refractivity contribution is 6.55. The maximum atomic E-state index is 5.59. The second kappa shape index (κ2) is 9.26. The normalized spacial score (nSPS) is 11.9. The fourth-order valence-corrected chi connectivity index (χ4v) is 1.56. The molecule has 0 amide bonds. The molecule has 18 heavy (non-hydrogen) atoms. The third-order valence-electron chi connectivity index (χ3n) is 2.39. The number of hydrogen-bond donors (Lipinski definition) is 0. The van der Waals surface area contributed by atoms with Gasteiger partial charge in [-0.25, -0.2) is 0 Å². The van der Waals surface area contributed by atoms with E-state index < -0.39 is 0 Å². The van der Waals surface area contributed by atoms with Gasteiger partial charge in [-0.3, -0.25) is 0 Å². The Bertz CT molecular complexity index is 348. The molecule has 100 valence electrons. The monoisotopic (exact) mass is 288 g/mol.